The van der Waals surface area contributed by atoms with Gasteiger partial charge in [-0.3, -0.25) is 4.79 Å². The highest BCUT2D eigenvalue weighted by molar-refractivity contribution is 5.90. The van der Waals surface area contributed by atoms with Gasteiger partial charge in [0.15, 0.2) is 0 Å². The molecule has 0 aromatic heterocycles. The van der Waals surface area contributed by atoms with Gasteiger partial charge in [0.25, 0.3) is 0 Å². The van der Waals surface area contributed by atoms with E-state index in [1.807, 2.05) is 11.0 Å². The Labute approximate surface area is 124 Å². The van der Waals surface area contributed by atoms with Crippen LogP contribution < -0.4 is 0 Å². The molecule has 21 heavy (non-hydrogen) atoms. The number of hydrogen-bond donors (Lipinski definition) is 1. The number of benzene rings is 1. The summed E-state index contributed by atoms with van der Waals surface area (Å²) in [6, 6.07) is 5.34. The first-order chi connectivity index (χ1) is 10.2. The number of carboxylic acids is 1. The minimum atomic E-state index is -0.885. The summed E-state index contributed by atoms with van der Waals surface area (Å²) in [6.07, 6.45) is 7.59. The van der Waals surface area contributed by atoms with Crippen LogP contribution in [-0.2, 0) is 17.8 Å². The van der Waals surface area contributed by atoms with Gasteiger partial charge in [-0.1, -0.05) is 24.3 Å². The van der Waals surface area contributed by atoms with Crippen molar-refractivity contribution in [1.29, 1.82) is 0 Å². The molecule has 1 N–H and O–H groups in total. The van der Waals surface area contributed by atoms with Gasteiger partial charge < -0.3 is 10.0 Å². The average molecular weight is 285 g/mol. The van der Waals surface area contributed by atoms with Crippen LogP contribution >= 0.6 is 0 Å². The number of hydrogen-bond acceptors (Lipinski definition) is 2. The van der Waals surface area contributed by atoms with Gasteiger partial charge in [0.05, 0.1) is 5.56 Å². The molecule has 110 valence electrons. The molecule has 1 amide bonds. The molecule has 1 unspecified atom stereocenters. The van der Waals surface area contributed by atoms with Gasteiger partial charge in [0, 0.05) is 19.0 Å². The summed E-state index contributed by atoms with van der Waals surface area (Å²) in [7, 11) is 0. The third kappa shape index (κ3) is 2.71. The molecule has 1 aromatic carbocycles. The Balaban J connectivity index is 1.78. The minimum absolute atomic E-state index is 0.0965. The molecule has 1 aromatic rings. The van der Waals surface area contributed by atoms with Crippen molar-refractivity contribution in [3.63, 3.8) is 0 Å². The van der Waals surface area contributed by atoms with Gasteiger partial charge in [0.1, 0.15) is 0 Å². The Morgan fingerprint density at radius 1 is 1.24 bits per heavy atom. The second kappa shape index (κ2) is 5.72. The highest BCUT2D eigenvalue weighted by Crippen LogP contribution is 2.26. The lowest BCUT2D eigenvalue weighted by Gasteiger charge is -2.32. The molecule has 1 atom stereocenters. The molecule has 1 heterocycles. The van der Waals surface area contributed by atoms with Crippen molar-refractivity contribution in [2.75, 3.05) is 6.54 Å². The maximum Gasteiger partial charge on any atom is 0.335 e. The van der Waals surface area contributed by atoms with Gasteiger partial charge in [-0.15, -0.1) is 0 Å². The standard InChI is InChI=1S/C17H19NO3/c19-16(12-5-2-1-3-6-12)18-10-9-14-13(11-18)7-4-8-15(14)17(20)21/h1-2,4,7-8,12H,3,5-6,9-11H2,(H,20,21). The summed E-state index contributed by atoms with van der Waals surface area (Å²) in [5.41, 5.74) is 2.23. The van der Waals surface area contributed by atoms with E-state index in [1.54, 1.807) is 12.1 Å². The summed E-state index contributed by atoms with van der Waals surface area (Å²) < 4.78 is 0. The molecule has 4 heteroatoms. The molecule has 2 aliphatic rings. The monoisotopic (exact) mass is 285 g/mol. The smallest absolute Gasteiger partial charge is 0.335 e. The molecular weight excluding hydrogens is 266 g/mol. The van der Waals surface area contributed by atoms with Crippen molar-refractivity contribution in [2.45, 2.75) is 32.2 Å². The second-order valence-electron chi connectivity index (χ2n) is 5.74. The number of rotatable bonds is 2. The molecule has 1 aliphatic carbocycles. The fraction of sp³-hybridized carbons (Fsp3) is 0.412. The number of carboxylic acid groups (broad SMARTS) is 1. The van der Waals surface area contributed by atoms with E-state index < -0.39 is 5.97 Å². The molecular formula is C17H19NO3. The number of aromatic carboxylic acids is 1. The lowest BCUT2D eigenvalue weighted by molar-refractivity contribution is -0.136. The first-order valence-electron chi connectivity index (χ1n) is 7.44. The first kappa shape index (κ1) is 13.9. The molecule has 3 rings (SSSR count). The van der Waals surface area contributed by atoms with Crippen LogP contribution in [0.3, 0.4) is 0 Å². The Hall–Kier alpha value is -2.10. The molecule has 1 aliphatic heterocycles. The SMILES string of the molecule is O=C(O)c1cccc2c1CCN(C(=O)C1CC=CCC1)C2. The third-order valence-electron chi connectivity index (χ3n) is 4.43. The first-order valence-corrected chi connectivity index (χ1v) is 7.44. The van der Waals surface area contributed by atoms with E-state index >= 15 is 0 Å². The summed E-state index contributed by atoms with van der Waals surface area (Å²) in [5.74, 6) is -0.575. The van der Waals surface area contributed by atoms with Crippen LogP contribution in [0, 0.1) is 5.92 Å². The maximum absolute atomic E-state index is 12.6. The van der Waals surface area contributed by atoms with Gasteiger partial charge in [-0.25, -0.2) is 4.79 Å². The van der Waals surface area contributed by atoms with Gasteiger partial charge in [0.2, 0.25) is 5.91 Å². The molecule has 0 spiro atoms. The van der Waals surface area contributed by atoms with E-state index in [0.717, 1.165) is 30.4 Å². The van der Waals surface area contributed by atoms with Crippen molar-refractivity contribution in [3.8, 4) is 0 Å². The predicted molar refractivity (Wildman–Crippen MR) is 79.0 cm³/mol. The van der Waals surface area contributed by atoms with Crippen molar-refractivity contribution < 1.29 is 14.7 Å². The van der Waals surface area contributed by atoms with Crippen LogP contribution in [0.1, 0.15) is 40.7 Å². The summed E-state index contributed by atoms with van der Waals surface area (Å²) >= 11 is 0. The van der Waals surface area contributed by atoms with E-state index in [1.165, 1.54) is 0 Å². The summed E-state index contributed by atoms with van der Waals surface area (Å²) in [5, 5.41) is 9.23. The molecule has 0 radical (unpaired) electrons. The number of fused-ring (bicyclic) bond motifs is 1. The Bertz CT molecular complexity index is 606. The maximum atomic E-state index is 12.6. The van der Waals surface area contributed by atoms with Crippen LogP contribution in [0.4, 0.5) is 0 Å². The van der Waals surface area contributed by atoms with E-state index in [0.29, 0.717) is 25.1 Å². The van der Waals surface area contributed by atoms with Gasteiger partial charge >= 0.3 is 5.97 Å². The van der Waals surface area contributed by atoms with Crippen molar-refractivity contribution in [1.82, 2.24) is 4.90 Å². The van der Waals surface area contributed by atoms with Gasteiger partial charge in [-0.2, -0.15) is 0 Å². The number of carbonyl (C=O) groups is 2. The van der Waals surface area contributed by atoms with Crippen LogP contribution in [0.25, 0.3) is 0 Å². The number of carbonyl (C=O) groups excluding carboxylic acids is 1. The van der Waals surface area contributed by atoms with Crippen LogP contribution in [-0.4, -0.2) is 28.4 Å². The van der Waals surface area contributed by atoms with E-state index in [4.69, 9.17) is 0 Å². The summed E-state index contributed by atoms with van der Waals surface area (Å²) in [4.78, 5) is 25.7. The van der Waals surface area contributed by atoms with Crippen molar-refractivity contribution >= 4 is 11.9 Å². The zero-order chi connectivity index (χ0) is 14.8. The quantitative estimate of drug-likeness (QED) is 0.850. The Morgan fingerprint density at radius 2 is 2.10 bits per heavy atom. The lowest BCUT2D eigenvalue weighted by atomic mass is 9.90. The average Bonchev–Trinajstić information content (AvgIpc) is 2.53. The van der Waals surface area contributed by atoms with E-state index in [2.05, 4.69) is 12.2 Å². The zero-order valence-electron chi connectivity index (χ0n) is 11.9. The normalized spacial score (nSPS) is 21.0. The second-order valence-corrected chi connectivity index (χ2v) is 5.74. The summed E-state index contributed by atoms with van der Waals surface area (Å²) in [6.45, 7) is 1.16. The third-order valence-corrected chi connectivity index (χ3v) is 4.43. The van der Waals surface area contributed by atoms with Crippen LogP contribution in [0.2, 0.25) is 0 Å². The lowest BCUT2D eigenvalue weighted by Crippen LogP contribution is -2.40. The van der Waals surface area contributed by atoms with Crippen LogP contribution in [0.15, 0.2) is 30.4 Å². The Kier molecular flexibility index (Phi) is 3.78. The van der Waals surface area contributed by atoms with E-state index in [9.17, 15) is 14.7 Å². The molecule has 0 saturated heterocycles. The number of nitrogens with zero attached hydrogens (tertiary/aromatic N) is 1. The molecule has 0 fully saturated rings. The highest BCUT2D eigenvalue weighted by Gasteiger charge is 2.28. The fourth-order valence-corrected chi connectivity index (χ4v) is 3.27. The number of amides is 1. The molecule has 0 saturated carbocycles. The van der Waals surface area contributed by atoms with Crippen LogP contribution in [0.5, 0.6) is 0 Å². The molecule has 0 bridgehead atoms. The zero-order valence-corrected chi connectivity index (χ0v) is 11.9. The van der Waals surface area contributed by atoms with E-state index in [-0.39, 0.29) is 11.8 Å². The fourth-order valence-electron chi connectivity index (χ4n) is 3.27. The van der Waals surface area contributed by atoms with Gasteiger partial charge in [-0.05, 0) is 42.9 Å². The number of allylic oxidation sites excluding steroid dienone is 2. The molecule has 4 nitrogen and oxygen atoms in total. The highest BCUT2D eigenvalue weighted by atomic mass is 16.4. The van der Waals surface area contributed by atoms with Crippen molar-refractivity contribution in [2.24, 2.45) is 5.92 Å². The Morgan fingerprint density at radius 3 is 2.81 bits per heavy atom. The van der Waals surface area contributed by atoms with Crippen molar-refractivity contribution in [3.05, 3.63) is 47.0 Å². The topological polar surface area (TPSA) is 57.6 Å². The largest absolute Gasteiger partial charge is 0.478 e. The predicted octanol–water partition coefficient (Wildman–Crippen LogP) is 2.63. The minimum Gasteiger partial charge on any atom is -0.478 e.